The molecule has 0 bridgehead atoms. The Morgan fingerprint density at radius 1 is 1.39 bits per heavy atom. The highest BCUT2D eigenvalue weighted by Crippen LogP contribution is 2.21. The number of hydrazone groups is 1. The molecular formula is C16H14BrClN2O3. The number of nitrogens with one attached hydrogen (secondary N) is 1. The van der Waals surface area contributed by atoms with Gasteiger partial charge in [0.2, 0.25) is 0 Å². The Labute approximate surface area is 147 Å². The van der Waals surface area contributed by atoms with Gasteiger partial charge in [0, 0.05) is 15.1 Å². The first-order valence-corrected chi connectivity index (χ1v) is 7.82. The smallest absolute Gasteiger partial charge is 0.277 e. The monoisotopic (exact) mass is 396 g/mol. The number of rotatable bonds is 5. The third-order valence-corrected chi connectivity index (χ3v) is 4.02. The minimum atomic E-state index is -0.398. The average molecular weight is 398 g/mol. The molecule has 2 aromatic carbocycles. The van der Waals surface area contributed by atoms with Gasteiger partial charge in [0.25, 0.3) is 5.91 Å². The number of aryl methyl sites for hydroxylation is 1. The number of phenols is 1. The summed E-state index contributed by atoms with van der Waals surface area (Å²) in [5.74, 6) is 0.273. The number of hydrogen-bond acceptors (Lipinski definition) is 4. The quantitative estimate of drug-likeness (QED) is 0.598. The molecule has 0 aromatic heterocycles. The molecule has 120 valence electrons. The van der Waals surface area contributed by atoms with Crippen LogP contribution in [-0.4, -0.2) is 23.8 Å². The van der Waals surface area contributed by atoms with Crippen molar-refractivity contribution in [1.82, 2.24) is 5.43 Å². The predicted molar refractivity (Wildman–Crippen MR) is 93.2 cm³/mol. The Morgan fingerprint density at radius 2 is 2.17 bits per heavy atom. The fourth-order valence-electron chi connectivity index (χ4n) is 1.69. The molecule has 2 aromatic rings. The zero-order chi connectivity index (χ0) is 16.8. The van der Waals surface area contributed by atoms with E-state index in [2.05, 4.69) is 26.5 Å². The lowest BCUT2D eigenvalue weighted by molar-refractivity contribution is -0.123. The molecule has 0 aliphatic heterocycles. The van der Waals surface area contributed by atoms with E-state index in [1.807, 2.05) is 6.92 Å². The number of halogens is 2. The van der Waals surface area contributed by atoms with Crippen LogP contribution in [0.15, 0.2) is 46.0 Å². The van der Waals surface area contributed by atoms with Crippen LogP contribution in [0.5, 0.6) is 11.5 Å². The van der Waals surface area contributed by atoms with E-state index in [9.17, 15) is 9.90 Å². The first-order chi connectivity index (χ1) is 11.0. The first kappa shape index (κ1) is 17.3. The van der Waals surface area contributed by atoms with Gasteiger partial charge in [0.05, 0.1) is 6.21 Å². The minimum Gasteiger partial charge on any atom is -0.508 e. The first-order valence-electron chi connectivity index (χ1n) is 6.65. The Balaban J connectivity index is 1.86. The third kappa shape index (κ3) is 5.26. The molecule has 0 unspecified atom stereocenters. The van der Waals surface area contributed by atoms with Crippen molar-refractivity contribution in [3.05, 3.63) is 57.0 Å². The minimum absolute atomic E-state index is 0.113. The summed E-state index contributed by atoms with van der Waals surface area (Å²) in [5.41, 5.74) is 3.86. The summed E-state index contributed by atoms with van der Waals surface area (Å²) in [6.07, 6.45) is 1.42. The molecule has 2 rings (SSSR count). The lowest BCUT2D eigenvalue weighted by Crippen LogP contribution is -2.24. The zero-order valence-electron chi connectivity index (χ0n) is 12.2. The molecule has 2 N–H and O–H groups in total. The Morgan fingerprint density at radius 3 is 2.91 bits per heavy atom. The van der Waals surface area contributed by atoms with Crippen LogP contribution >= 0.6 is 27.5 Å². The zero-order valence-corrected chi connectivity index (χ0v) is 14.6. The second kappa shape index (κ2) is 7.99. The Hall–Kier alpha value is -2.05. The van der Waals surface area contributed by atoms with Gasteiger partial charge in [-0.15, -0.1) is 0 Å². The fourth-order valence-corrected chi connectivity index (χ4v) is 2.16. The fraction of sp³-hybridized carbons (Fsp3) is 0.125. The van der Waals surface area contributed by atoms with Crippen LogP contribution in [0.25, 0.3) is 0 Å². The van der Waals surface area contributed by atoms with E-state index in [1.54, 1.807) is 30.3 Å². The summed E-state index contributed by atoms with van der Waals surface area (Å²) in [6.45, 7) is 1.69. The summed E-state index contributed by atoms with van der Waals surface area (Å²) in [4.78, 5) is 11.7. The normalized spacial score (nSPS) is 10.7. The average Bonchev–Trinajstić information content (AvgIpc) is 2.52. The standard InChI is InChI=1S/C16H14BrClN2O3/c1-10-6-13(3-5-15(10)18)23-9-16(22)20-19-8-11-7-12(21)2-4-14(11)17/h2-8,21H,9H2,1H3,(H,20,22). The Bertz CT molecular complexity index is 750. The second-order valence-corrected chi connectivity index (χ2v) is 5.96. The van der Waals surface area contributed by atoms with Crippen LogP contribution in [-0.2, 0) is 4.79 Å². The summed E-state index contributed by atoms with van der Waals surface area (Å²) in [7, 11) is 0. The summed E-state index contributed by atoms with van der Waals surface area (Å²) < 4.78 is 6.11. The lowest BCUT2D eigenvalue weighted by atomic mass is 10.2. The van der Waals surface area contributed by atoms with Crippen molar-refractivity contribution in [2.75, 3.05) is 6.61 Å². The molecule has 1 amide bonds. The van der Waals surface area contributed by atoms with E-state index >= 15 is 0 Å². The van der Waals surface area contributed by atoms with Crippen molar-refractivity contribution in [1.29, 1.82) is 0 Å². The van der Waals surface area contributed by atoms with E-state index in [0.29, 0.717) is 16.3 Å². The highest BCUT2D eigenvalue weighted by atomic mass is 79.9. The third-order valence-electron chi connectivity index (χ3n) is 2.87. The van der Waals surface area contributed by atoms with Crippen molar-refractivity contribution in [3.63, 3.8) is 0 Å². The summed E-state index contributed by atoms with van der Waals surface area (Å²) in [5, 5.41) is 13.9. The number of benzene rings is 2. The number of ether oxygens (including phenoxy) is 1. The molecule has 0 saturated heterocycles. The number of aromatic hydroxyl groups is 1. The van der Waals surface area contributed by atoms with Gasteiger partial charge in [-0.3, -0.25) is 4.79 Å². The molecular weight excluding hydrogens is 384 g/mol. The number of carbonyl (C=O) groups is 1. The molecule has 5 nitrogen and oxygen atoms in total. The Kier molecular flexibility index (Phi) is 6.01. The van der Waals surface area contributed by atoms with E-state index in [0.717, 1.165) is 10.0 Å². The lowest BCUT2D eigenvalue weighted by Gasteiger charge is -2.06. The topological polar surface area (TPSA) is 70.9 Å². The molecule has 0 fully saturated rings. The van der Waals surface area contributed by atoms with Crippen molar-refractivity contribution >= 4 is 39.7 Å². The van der Waals surface area contributed by atoms with Gasteiger partial charge in [-0.1, -0.05) is 27.5 Å². The maximum Gasteiger partial charge on any atom is 0.277 e. The van der Waals surface area contributed by atoms with Crippen LogP contribution in [0.4, 0.5) is 0 Å². The number of hydrogen-bond donors (Lipinski definition) is 2. The van der Waals surface area contributed by atoms with Gasteiger partial charge in [-0.2, -0.15) is 5.10 Å². The highest BCUT2D eigenvalue weighted by molar-refractivity contribution is 9.10. The number of phenolic OH excluding ortho intramolecular Hbond substituents is 1. The van der Waals surface area contributed by atoms with Crippen LogP contribution in [0.3, 0.4) is 0 Å². The van der Waals surface area contributed by atoms with Crippen LogP contribution in [0.1, 0.15) is 11.1 Å². The van der Waals surface area contributed by atoms with Crippen LogP contribution < -0.4 is 10.2 Å². The molecule has 0 atom stereocenters. The van der Waals surface area contributed by atoms with Crippen molar-refractivity contribution in [2.45, 2.75) is 6.92 Å². The van der Waals surface area contributed by atoms with Gasteiger partial charge < -0.3 is 9.84 Å². The van der Waals surface area contributed by atoms with Crippen molar-refractivity contribution < 1.29 is 14.6 Å². The molecule has 0 aliphatic rings. The van der Waals surface area contributed by atoms with Crippen molar-refractivity contribution in [3.8, 4) is 11.5 Å². The molecule has 0 aliphatic carbocycles. The molecule has 0 radical (unpaired) electrons. The number of nitrogens with zero attached hydrogens (tertiary/aromatic N) is 1. The van der Waals surface area contributed by atoms with E-state index in [-0.39, 0.29) is 12.4 Å². The maximum atomic E-state index is 11.7. The molecule has 23 heavy (non-hydrogen) atoms. The SMILES string of the molecule is Cc1cc(OCC(=O)NN=Cc2cc(O)ccc2Br)ccc1Cl. The molecule has 0 spiro atoms. The second-order valence-electron chi connectivity index (χ2n) is 4.70. The van der Waals surface area contributed by atoms with Crippen molar-refractivity contribution in [2.24, 2.45) is 5.10 Å². The summed E-state index contributed by atoms with van der Waals surface area (Å²) in [6, 6.07) is 9.90. The van der Waals surface area contributed by atoms with Crippen LogP contribution in [0.2, 0.25) is 5.02 Å². The number of amides is 1. The highest BCUT2D eigenvalue weighted by Gasteiger charge is 2.03. The summed E-state index contributed by atoms with van der Waals surface area (Å²) >= 11 is 9.24. The van der Waals surface area contributed by atoms with Gasteiger partial charge in [0.1, 0.15) is 11.5 Å². The predicted octanol–water partition coefficient (Wildman–Crippen LogP) is 3.65. The van der Waals surface area contributed by atoms with Gasteiger partial charge in [-0.05, 0) is 48.9 Å². The number of carbonyl (C=O) groups excluding carboxylic acids is 1. The van der Waals surface area contributed by atoms with Gasteiger partial charge >= 0.3 is 0 Å². The van der Waals surface area contributed by atoms with E-state index < -0.39 is 5.91 Å². The van der Waals surface area contributed by atoms with E-state index in [4.69, 9.17) is 16.3 Å². The van der Waals surface area contributed by atoms with E-state index in [1.165, 1.54) is 12.3 Å². The van der Waals surface area contributed by atoms with Crippen LogP contribution in [0, 0.1) is 6.92 Å². The van der Waals surface area contributed by atoms with Gasteiger partial charge in [0.15, 0.2) is 6.61 Å². The maximum absolute atomic E-state index is 11.7. The van der Waals surface area contributed by atoms with Gasteiger partial charge in [-0.25, -0.2) is 5.43 Å². The molecule has 0 saturated carbocycles. The largest absolute Gasteiger partial charge is 0.508 e. The molecule has 7 heteroatoms. The molecule has 0 heterocycles.